The van der Waals surface area contributed by atoms with Crippen LogP contribution in [0.1, 0.15) is 42.1 Å². The maximum Gasteiger partial charge on any atom is 0.145 e. The van der Waals surface area contributed by atoms with E-state index in [1.54, 1.807) is 0 Å². The number of anilines is 1. The van der Waals surface area contributed by atoms with Crippen molar-refractivity contribution in [2.24, 2.45) is 11.8 Å². The van der Waals surface area contributed by atoms with Crippen LogP contribution in [0.15, 0.2) is 55.5 Å². The number of hydrogen-bond acceptors (Lipinski definition) is 6. The molecule has 0 radical (unpaired) electrons. The molecule has 7 nitrogen and oxygen atoms in total. The zero-order valence-corrected chi connectivity index (χ0v) is 19.7. The molecule has 180 valence electrons. The third-order valence-electron chi connectivity index (χ3n) is 8.01. The Morgan fingerprint density at radius 2 is 2.00 bits per heavy atom. The van der Waals surface area contributed by atoms with E-state index in [0.717, 1.165) is 43.0 Å². The van der Waals surface area contributed by atoms with Gasteiger partial charge in [-0.1, -0.05) is 18.2 Å². The van der Waals surface area contributed by atoms with Gasteiger partial charge >= 0.3 is 0 Å². The monoisotopic (exact) mass is 469 g/mol. The summed E-state index contributed by atoms with van der Waals surface area (Å²) in [6.45, 7) is 3.89. The summed E-state index contributed by atoms with van der Waals surface area (Å²) < 4.78 is 1.93. The number of allylic oxidation sites excluding steroid dienone is 1. The van der Waals surface area contributed by atoms with Crippen molar-refractivity contribution in [1.29, 1.82) is 0 Å². The third kappa shape index (κ3) is 3.89. The first-order valence-electron chi connectivity index (χ1n) is 12.5. The highest BCUT2D eigenvalue weighted by molar-refractivity contribution is 5.86. The van der Waals surface area contributed by atoms with Gasteiger partial charge in [0.2, 0.25) is 0 Å². The molecular weight excluding hydrogens is 438 g/mol. The smallest absolute Gasteiger partial charge is 0.145 e. The van der Waals surface area contributed by atoms with Crippen LogP contribution in [0.5, 0.6) is 0 Å². The number of fused-ring (bicyclic) bond motifs is 3. The first-order valence-corrected chi connectivity index (χ1v) is 12.5. The average molecular weight is 470 g/mol. The SMILES string of the molecule is C=CC[C@@H]1Cc2cc3ccc(CC[C@H]4C[C@@H](n5ccc6c(N)ncnc65)[C@H](O)[C@@H]4O)cc3nc2C1. The Morgan fingerprint density at radius 3 is 2.86 bits per heavy atom. The number of benzene rings is 1. The quantitative estimate of drug-likeness (QED) is 0.371. The Bertz CT molecular complexity index is 1410. The highest BCUT2D eigenvalue weighted by atomic mass is 16.3. The number of hydrogen-bond donors (Lipinski definition) is 3. The fourth-order valence-electron chi connectivity index (χ4n) is 6.14. The molecule has 0 unspecified atom stereocenters. The Morgan fingerprint density at radius 1 is 1.11 bits per heavy atom. The van der Waals surface area contributed by atoms with E-state index < -0.39 is 12.2 Å². The molecule has 1 fully saturated rings. The number of nitrogens with two attached hydrogens (primary N) is 1. The molecule has 0 bridgehead atoms. The molecule has 3 aromatic heterocycles. The van der Waals surface area contributed by atoms with Crippen LogP contribution in [0.4, 0.5) is 5.82 Å². The Labute approximate surface area is 204 Å². The van der Waals surface area contributed by atoms with Crippen LogP contribution in [0.3, 0.4) is 0 Å². The minimum atomic E-state index is -0.851. The molecule has 5 atom stereocenters. The van der Waals surface area contributed by atoms with Gasteiger partial charge in [0.1, 0.15) is 23.9 Å². The highest BCUT2D eigenvalue weighted by Crippen LogP contribution is 2.40. The van der Waals surface area contributed by atoms with Crippen LogP contribution < -0.4 is 5.73 Å². The predicted molar refractivity (Wildman–Crippen MR) is 137 cm³/mol. The van der Waals surface area contributed by atoms with Gasteiger partial charge in [-0.05, 0) is 79.7 Å². The number of nitrogens with zero attached hydrogens (tertiary/aromatic N) is 4. The average Bonchev–Trinajstić information content (AvgIpc) is 3.53. The van der Waals surface area contributed by atoms with Gasteiger partial charge in [0, 0.05) is 17.3 Å². The molecule has 7 heteroatoms. The van der Waals surface area contributed by atoms with E-state index in [2.05, 4.69) is 40.8 Å². The predicted octanol–water partition coefficient (Wildman–Crippen LogP) is 3.77. The molecule has 4 N–H and O–H groups in total. The van der Waals surface area contributed by atoms with Crippen molar-refractivity contribution >= 4 is 27.8 Å². The number of nitrogen functional groups attached to an aromatic ring is 1. The summed E-state index contributed by atoms with van der Waals surface area (Å²) in [5.74, 6) is 1.04. The van der Waals surface area contributed by atoms with Crippen molar-refractivity contribution in [3.63, 3.8) is 0 Å². The van der Waals surface area contributed by atoms with Crippen LogP contribution in [0, 0.1) is 11.8 Å². The Balaban J connectivity index is 1.17. The molecule has 0 saturated heterocycles. The van der Waals surface area contributed by atoms with Crippen molar-refractivity contribution in [2.75, 3.05) is 5.73 Å². The minimum absolute atomic E-state index is 0.00466. The van der Waals surface area contributed by atoms with E-state index in [9.17, 15) is 10.2 Å². The number of rotatable bonds is 6. The summed E-state index contributed by atoms with van der Waals surface area (Å²) in [6.07, 6.45) is 9.15. The van der Waals surface area contributed by atoms with E-state index in [1.807, 2.05) is 22.9 Å². The van der Waals surface area contributed by atoms with Gasteiger partial charge in [0.15, 0.2) is 0 Å². The summed E-state index contributed by atoms with van der Waals surface area (Å²) in [7, 11) is 0. The number of aliphatic hydroxyl groups is 2. The summed E-state index contributed by atoms with van der Waals surface area (Å²) in [6, 6.07) is 10.4. The first kappa shape index (κ1) is 22.2. The molecule has 0 spiro atoms. The largest absolute Gasteiger partial charge is 0.390 e. The van der Waals surface area contributed by atoms with Crippen LogP contribution in [-0.2, 0) is 19.3 Å². The van der Waals surface area contributed by atoms with Gasteiger partial charge in [0.05, 0.1) is 23.0 Å². The molecule has 0 amide bonds. The number of aromatic nitrogens is 4. The summed E-state index contributed by atoms with van der Waals surface area (Å²) in [5, 5.41) is 23.6. The number of aliphatic hydroxyl groups excluding tert-OH is 2. The minimum Gasteiger partial charge on any atom is -0.390 e. The molecule has 4 aromatic rings. The molecule has 0 aliphatic heterocycles. The van der Waals surface area contributed by atoms with Gasteiger partial charge in [-0.15, -0.1) is 6.58 Å². The summed E-state index contributed by atoms with van der Waals surface area (Å²) >= 11 is 0. The van der Waals surface area contributed by atoms with Crippen LogP contribution in [-0.4, -0.2) is 41.9 Å². The van der Waals surface area contributed by atoms with Crippen LogP contribution >= 0.6 is 0 Å². The molecule has 35 heavy (non-hydrogen) atoms. The van der Waals surface area contributed by atoms with Gasteiger partial charge in [-0.25, -0.2) is 9.97 Å². The molecular formula is C28H31N5O2. The zero-order valence-electron chi connectivity index (χ0n) is 19.7. The first-order chi connectivity index (χ1) is 17.0. The van der Waals surface area contributed by atoms with Crippen molar-refractivity contribution in [3.05, 3.63) is 72.3 Å². The van der Waals surface area contributed by atoms with E-state index in [-0.39, 0.29) is 12.0 Å². The number of aryl methyl sites for hydroxylation is 1. The maximum absolute atomic E-state index is 10.9. The second-order valence-electron chi connectivity index (χ2n) is 10.2. The molecule has 1 aromatic carbocycles. The fourth-order valence-corrected chi connectivity index (χ4v) is 6.14. The van der Waals surface area contributed by atoms with Gasteiger partial charge < -0.3 is 20.5 Å². The fraction of sp³-hybridized carbons (Fsp3) is 0.393. The molecule has 2 aliphatic rings. The Kier molecular flexibility index (Phi) is 5.54. The van der Waals surface area contributed by atoms with Crippen molar-refractivity contribution in [2.45, 2.75) is 56.8 Å². The highest BCUT2D eigenvalue weighted by Gasteiger charge is 2.42. The molecule has 3 heterocycles. The summed E-state index contributed by atoms with van der Waals surface area (Å²) in [4.78, 5) is 13.4. The summed E-state index contributed by atoms with van der Waals surface area (Å²) in [5.41, 5.74) is 11.5. The lowest BCUT2D eigenvalue weighted by Gasteiger charge is -2.19. The van der Waals surface area contributed by atoms with Gasteiger partial charge in [0.25, 0.3) is 0 Å². The lowest BCUT2D eigenvalue weighted by molar-refractivity contribution is 0.00545. The molecule has 6 rings (SSSR count). The number of pyridine rings is 1. The van der Waals surface area contributed by atoms with Crippen LogP contribution in [0.25, 0.3) is 21.9 Å². The van der Waals surface area contributed by atoms with E-state index in [1.165, 1.54) is 28.5 Å². The van der Waals surface area contributed by atoms with Crippen molar-refractivity contribution < 1.29 is 10.2 Å². The Hall–Kier alpha value is -3.29. The van der Waals surface area contributed by atoms with Gasteiger partial charge in [-0.3, -0.25) is 4.98 Å². The van der Waals surface area contributed by atoms with Crippen molar-refractivity contribution in [1.82, 2.24) is 19.5 Å². The normalized spacial score (nSPS) is 25.9. The second kappa shape index (κ2) is 8.73. The van der Waals surface area contributed by atoms with Gasteiger partial charge in [-0.2, -0.15) is 0 Å². The maximum atomic E-state index is 10.9. The molecule has 1 saturated carbocycles. The lowest BCUT2D eigenvalue weighted by Crippen LogP contribution is -2.29. The van der Waals surface area contributed by atoms with E-state index in [0.29, 0.717) is 23.8 Å². The van der Waals surface area contributed by atoms with E-state index >= 15 is 0 Å². The van der Waals surface area contributed by atoms with Crippen LogP contribution in [0.2, 0.25) is 0 Å². The zero-order chi connectivity index (χ0) is 24.1. The lowest BCUT2D eigenvalue weighted by atomic mass is 9.95. The second-order valence-corrected chi connectivity index (χ2v) is 10.2. The van der Waals surface area contributed by atoms with Crippen molar-refractivity contribution in [3.8, 4) is 0 Å². The topological polar surface area (TPSA) is 110 Å². The standard InChI is InChI=1S/C28H31N5O2/c1-2-3-17-10-20-13-18-6-4-16(11-22(18)32-23(20)12-17)5-7-19-14-24(26(35)25(19)34)33-9-8-21-27(29)30-15-31-28(21)33/h2,4,6,8-9,11,13,15,17,19,24-26,34-35H,1,3,5,7,10,12,14H2,(H2,29,30,31)/t17-,19+,24-,25-,26+/m1/s1. The van der Waals surface area contributed by atoms with E-state index in [4.69, 9.17) is 10.7 Å². The molecule has 2 aliphatic carbocycles. The third-order valence-corrected chi connectivity index (χ3v) is 8.01.